The molecular formula is C16H12ClNO2S. The number of aliphatic hydroxyl groups is 1. The Bertz CT molecular complexity index is 884. The van der Waals surface area contributed by atoms with Gasteiger partial charge in [0.1, 0.15) is 0 Å². The van der Waals surface area contributed by atoms with Crippen molar-refractivity contribution < 1.29 is 9.84 Å². The number of hydrogen-bond acceptors (Lipinski definition) is 3. The van der Waals surface area contributed by atoms with Crippen LogP contribution in [-0.2, 0) is 4.74 Å². The molecule has 1 atom stereocenters. The number of aromatic nitrogens is 1. The van der Waals surface area contributed by atoms with Crippen LogP contribution in [0.2, 0.25) is 0 Å². The van der Waals surface area contributed by atoms with Gasteiger partial charge in [0.15, 0.2) is 5.22 Å². The standard InChI is InChI=1S/C16H12ClNO2S/c1-16(19)9-10-4-2-6-13-12(14(10)15(17)20-16)8-11-5-3-7-21-18(11)13/h2-9,19H,1H3. The zero-order valence-corrected chi connectivity index (χ0v) is 12.8. The fourth-order valence-corrected chi connectivity index (χ4v) is 3.87. The summed E-state index contributed by atoms with van der Waals surface area (Å²) in [6.45, 7) is 1.57. The second kappa shape index (κ2) is 4.44. The van der Waals surface area contributed by atoms with E-state index < -0.39 is 5.79 Å². The van der Waals surface area contributed by atoms with Crippen LogP contribution in [0.15, 0.2) is 46.6 Å². The van der Waals surface area contributed by atoms with Gasteiger partial charge in [0.25, 0.3) is 0 Å². The van der Waals surface area contributed by atoms with E-state index in [-0.39, 0.29) is 5.22 Å². The molecule has 1 aliphatic carbocycles. The Labute approximate surface area is 131 Å². The number of rotatable bonds is 0. The number of nitrogens with zero attached hydrogens (tertiary/aromatic N) is 1. The summed E-state index contributed by atoms with van der Waals surface area (Å²) in [7, 11) is 0. The van der Waals surface area contributed by atoms with E-state index in [0.29, 0.717) is 0 Å². The van der Waals surface area contributed by atoms with Gasteiger partial charge in [0.2, 0.25) is 5.79 Å². The molecule has 0 saturated carbocycles. The minimum Gasteiger partial charge on any atom is -0.448 e. The summed E-state index contributed by atoms with van der Waals surface area (Å²) in [6, 6.07) is 2.09. The van der Waals surface area contributed by atoms with E-state index in [0.717, 1.165) is 27.4 Å². The average molecular weight is 318 g/mol. The van der Waals surface area contributed by atoms with Crippen molar-refractivity contribution in [3.05, 3.63) is 62.8 Å². The van der Waals surface area contributed by atoms with Crippen LogP contribution in [0.1, 0.15) is 12.5 Å². The van der Waals surface area contributed by atoms with Gasteiger partial charge in [-0.15, -0.1) is 0 Å². The molecule has 4 rings (SSSR count). The van der Waals surface area contributed by atoms with E-state index >= 15 is 0 Å². The molecule has 0 radical (unpaired) electrons. The molecule has 1 unspecified atom stereocenters. The highest BCUT2D eigenvalue weighted by Gasteiger charge is 2.31. The molecule has 0 aromatic carbocycles. The smallest absolute Gasteiger partial charge is 0.227 e. The molecule has 106 valence electrons. The van der Waals surface area contributed by atoms with Gasteiger partial charge in [0, 0.05) is 18.1 Å². The first-order valence-corrected chi connectivity index (χ1v) is 7.75. The predicted octanol–water partition coefficient (Wildman–Crippen LogP) is 2.21. The molecule has 0 saturated heterocycles. The molecule has 21 heavy (non-hydrogen) atoms. The van der Waals surface area contributed by atoms with Crippen molar-refractivity contribution in [1.82, 2.24) is 3.97 Å². The molecule has 1 aromatic rings. The fourth-order valence-electron chi connectivity index (χ4n) is 2.73. The van der Waals surface area contributed by atoms with Gasteiger partial charge in [0.05, 0.1) is 10.7 Å². The summed E-state index contributed by atoms with van der Waals surface area (Å²) in [4.78, 5) is 0. The Morgan fingerprint density at radius 2 is 2.19 bits per heavy atom. The SMILES string of the molecule is CC1(O)C=C2C=CC=c3c(cc4n3SC=CC=4)C2=C(Cl)O1. The predicted molar refractivity (Wildman–Crippen MR) is 86.4 cm³/mol. The Morgan fingerprint density at radius 1 is 1.33 bits per heavy atom. The van der Waals surface area contributed by atoms with Crippen molar-refractivity contribution in [3.8, 4) is 0 Å². The van der Waals surface area contributed by atoms with E-state index in [4.69, 9.17) is 16.3 Å². The van der Waals surface area contributed by atoms with Crippen molar-refractivity contribution in [2.24, 2.45) is 0 Å². The summed E-state index contributed by atoms with van der Waals surface area (Å²) in [5, 5.41) is 14.5. The monoisotopic (exact) mass is 317 g/mol. The summed E-state index contributed by atoms with van der Waals surface area (Å²) in [5.41, 5.74) is 2.69. The van der Waals surface area contributed by atoms with Gasteiger partial charge in [-0.3, -0.25) is 3.97 Å². The van der Waals surface area contributed by atoms with E-state index in [1.54, 1.807) is 24.9 Å². The molecule has 2 aliphatic heterocycles. The van der Waals surface area contributed by atoms with Crippen LogP contribution in [0.4, 0.5) is 0 Å². The first-order valence-electron chi connectivity index (χ1n) is 6.54. The summed E-state index contributed by atoms with van der Waals surface area (Å²) < 4.78 is 7.57. The molecule has 3 heterocycles. The lowest BCUT2D eigenvalue weighted by Gasteiger charge is -2.28. The summed E-state index contributed by atoms with van der Waals surface area (Å²) in [5.74, 6) is -1.38. The highest BCUT2D eigenvalue weighted by atomic mass is 35.5. The molecule has 0 fully saturated rings. The zero-order valence-electron chi connectivity index (χ0n) is 11.2. The number of allylic oxidation sites excluding steroid dienone is 5. The first kappa shape index (κ1) is 13.1. The normalized spacial score (nSPS) is 25.8. The molecule has 3 aliphatic rings. The Hall–Kier alpha value is -1.62. The van der Waals surface area contributed by atoms with Crippen molar-refractivity contribution >= 4 is 41.3 Å². The molecule has 1 N–H and O–H groups in total. The number of hydrogen-bond donors (Lipinski definition) is 1. The van der Waals surface area contributed by atoms with Crippen molar-refractivity contribution in [2.45, 2.75) is 12.7 Å². The molecule has 0 bridgehead atoms. The highest BCUT2D eigenvalue weighted by molar-refractivity contribution is 8.00. The second-order valence-corrected chi connectivity index (χ2v) is 6.39. The van der Waals surface area contributed by atoms with Gasteiger partial charge in [-0.25, -0.2) is 0 Å². The van der Waals surface area contributed by atoms with Gasteiger partial charge in [-0.1, -0.05) is 18.2 Å². The van der Waals surface area contributed by atoms with Crippen LogP contribution >= 0.6 is 23.5 Å². The van der Waals surface area contributed by atoms with E-state index in [9.17, 15) is 5.11 Å². The second-order valence-electron chi connectivity index (χ2n) is 5.19. The lowest BCUT2D eigenvalue weighted by molar-refractivity contribution is -0.116. The van der Waals surface area contributed by atoms with Crippen LogP contribution < -0.4 is 10.7 Å². The van der Waals surface area contributed by atoms with Crippen molar-refractivity contribution in [3.63, 3.8) is 0 Å². The molecule has 3 nitrogen and oxygen atoms in total. The summed E-state index contributed by atoms with van der Waals surface area (Å²) >= 11 is 7.93. The molecule has 0 spiro atoms. The van der Waals surface area contributed by atoms with E-state index in [2.05, 4.69) is 16.1 Å². The molecular weight excluding hydrogens is 306 g/mol. The first-order chi connectivity index (χ1) is 10.1. The van der Waals surface area contributed by atoms with Gasteiger partial charge >= 0.3 is 0 Å². The molecule has 5 heteroatoms. The lowest BCUT2D eigenvalue weighted by Crippen LogP contribution is -2.28. The van der Waals surface area contributed by atoms with Crippen LogP contribution in [0, 0.1) is 0 Å². The third-order valence-corrected chi connectivity index (χ3v) is 4.70. The van der Waals surface area contributed by atoms with Crippen molar-refractivity contribution in [2.75, 3.05) is 0 Å². The number of fused-ring (bicyclic) bond motifs is 5. The quantitative estimate of drug-likeness (QED) is 0.797. The topological polar surface area (TPSA) is 34.4 Å². The highest BCUT2D eigenvalue weighted by Crippen LogP contribution is 2.37. The maximum absolute atomic E-state index is 10.1. The maximum atomic E-state index is 10.1. The molecule has 1 aromatic heterocycles. The third-order valence-electron chi connectivity index (χ3n) is 3.54. The van der Waals surface area contributed by atoms with Crippen LogP contribution in [0.5, 0.6) is 0 Å². The number of ether oxygens (including phenoxy) is 1. The Kier molecular flexibility index (Phi) is 2.76. The zero-order chi connectivity index (χ0) is 14.6. The van der Waals surface area contributed by atoms with Crippen LogP contribution in [-0.4, -0.2) is 14.9 Å². The Morgan fingerprint density at radius 3 is 3.05 bits per heavy atom. The van der Waals surface area contributed by atoms with E-state index in [1.807, 2.05) is 29.7 Å². The summed E-state index contributed by atoms with van der Waals surface area (Å²) in [6.07, 6.45) is 11.7. The lowest BCUT2D eigenvalue weighted by atomic mass is 9.97. The minimum atomic E-state index is -1.38. The maximum Gasteiger partial charge on any atom is 0.227 e. The fraction of sp³-hybridized carbons (Fsp3) is 0.125. The number of halogens is 1. The van der Waals surface area contributed by atoms with Gasteiger partial charge in [-0.05, 0) is 58.8 Å². The minimum absolute atomic E-state index is 0.222. The van der Waals surface area contributed by atoms with E-state index in [1.165, 1.54) is 0 Å². The van der Waals surface area contributed by atoms with Crippen molar-refractivity contribution in [1.29, 1.82) is 0 Å². The average Bonchev–Trinajstić information content (AvgIpc) is 2.66. The molecule has 0 amide bonds. The van der Waals surface area contributed by atoms with Gasteiger partial charge in [-0.2, -0.15) is 0 Å². The Balaban J connectivity index is 2.04. The van der Waals surface area contributed by atoms with Crippen LogP contribution in [0.3, 0.4) is 0 Å². The third kappa shape index (κ3) is 2.02. The van der Waals surface area contributed by atoms with Gasteiger partial charge < -0.3 is 9.84 Å². The van der Waals surface area contributed by atoms with Crippen LogP contribution in [0.25, 0.3) is 17.7 Å². The largest absolute Gasteiger partial charge is 0.448 e.